The number of likely N-dealkylation sites (N-methyl/N-ethyl adjacent to an activating group) is 2. The van der Waals surface area contributed by atoms with Gasteiger partial charge in [0.25, 0.3) is 0 Å². The summed E-state index contributed by atoms with van der Waals surface area (Å²) in [6.07, 6.45) is 2.34. The summed E-state index contributed by atoms with van der Waals surface area (Å²) in [5.74, 6) is 0.176. The third-order valence-electron chi connectivity index (χ3n) is 7.30. The second-order valence-corrected chi connectivity index (χ2v) is 9.49. The number of hydrogen-bond acceptors (Lipinski definition) is 5. The van der Waals surface area contributed by atoms with Crippen molar-refractivity contribution in [3.8, 4) is 11.1 Å². The molecule has 2 atom stereocenters. The normalized spacial score (nSPS) is 23.1. The van der Waals surface area contributed by atoms with Gasteiger partial charge < -0.3 is 19.6 Å². The second-order valence-electron chi connectivity index (χ2n) is 9.49. The smallest absolute Gasteiger partial charge is 0.194 e. The highest BCUT2D eigenvalue weighted by molar-refractivity contribution is 6.22. The molecule has 158 valence electrons. The Morgan fingerprint density at radius 3 is 1.50 bits per heavy atom. The van der Waals surface area contributed by atoms with Crippen molar-refractivity contribution in [1.82, 2.24) is 9.80 Å². The van der Waals surface area contributed by atoms with Gasteiger partial charge in [-0.25, -0.2) is 0 Å². The van der Waals surface area contributed by atoms with Gasteiger partial charge in [0.15, 0.2) is 5.78 Å². The fourth-order valence-electron chi connectivity index (χ4n) is 5.24. The lowest BCUT2D eigenvalue weighted by Crippen LogP contribution is -2.31. The first-order chi connectivity index (χ1) is 14.4. The van der Waals surface area contributed by atoms with Crippen molar-refractivity contribution in [3.63, 3.8) is 0 Å². The van der Waals surface area contributed by atoms with Gasteiger partial charge in [-0.3, -0.25) is 4.79 Å². The molecular weight excluding hydrogens is 372 g/mol. The highest BCUT2D eigenvalue weighted by Gasteiger charge is 2.31. The minimum absolute atomic E-state index is 0.176. The van der Waals surface area contributed by atoms with Crippen LogP contribution in [0.4, 0.5) is 11.4 Å². The quantitative estimate of drug-likeness (QED) is 0.666. The molecule has 0 amide bonds. The van der Waals surface area contributed by atoms with E-state index in [0.29, 0.717) is 12.1 Å². The van der Waals surface area contributed by atoms with E-state index in [1.54, 1.807) is 0 Å². The van der Waals surface area contributed by atoms with Crippen LogP contribution in [0.25, 0.3) is 11.1 Å². The van der Waals surface area contributed by atoms with E-state index in [4.69, 9.17) is 0 Å². The fourth-order valence-corrected chi connectivity index (χ4v) is 5.24. The molecule has 2 aromatic carbocycles. The number of benzene rings is 2. The zero-order valence-corrected chi connectivity index (χ0v) is 18.6. The van der Waals surface area contributed by atoms with Gasteiger partial charge in [-0.2, -0.15) is 0 Å². The van der Waals surface area contributed by atoms with E-state index in [2.05, 4.69) is 84.2 Å². The second kappa shape index (κ2) is 7.40. The molecule has 0 spiro atoms. The number of rotatable bonds is 4. The van der Waals surface area contributed by atoms with Gasteiger partial charge in [-0.05, 0) is 76.4 Å². The molecule has 30 heavy (non-hydrogen) atoms. The van der Waals surface area contributed by atoms with E-state index in [-0.39, 0.29) is 5.78 Å². The van der Waals surface area contributed by atoms with Crippen LogP contribution >= 0.6 is 0 Å². The Morgan fingerprint density at radius 2 is 1.13 bits per heavy atom. The van der Waals surface area contributed by atoms with E-state index in [1.807, 2.05) is 0 Å². The van der Waals surface area contributed by atoms with Crippen LogP contribution < -0.4 is 9.80 Å². The average molecular weight is 405 g/mol. The van der Waals surface area contributed by atoms with Crippen molar-refractivity contribution in [1.29, 1.82) is 0 Å². The van der Waals surface area contributed by atoms with Gasteiger partial charge >= 0.3 is 0 Å². The summed E-state index contributed by atoms with van der Waals surface area (Å²) in [7, 11) is 8.59. The Balaban J connectivity index is 1.40. The predicted molar refractivity (Wildman–Crippen MR) is 124 cm³/mol. The number of ketones is 1. The Hall–Kier alpha value is -2.37. The maximum atomic E-state index is 13.3. The number of hydrogen-bond donors (Lipinski definition) is 0. The summed E-state index contributed by atoms with van der Waals surface area (Å²) in [5.41, 5.74) is 6.24. The maximum Gasteiger partial charge on any atom is 0.194 e. The molecule has 5 nitrogen and oxygen atoms in total. The molecule has 2 aliphatic heterocycles. The van der Waals surface area contributed by atoms with Gasteiger partial charge in [0.1, 0.15) is 0 Å². The van der Waals surface area contributed by atoms with Crippen molar-refractivity contribution in [2.24, 2.45) is 0 Å². The lowest BCUT2D eigenvalue weighted by Gasteiger charge is -2.22. The van der Waals surface area contributed by atoms with Crippen molar-refractivity contribution in [2.45, 2.75) is 24.9 Å². The number of anilines is 2. The lowest BCUT2D eigenvalue weighted by molar-refractivity contribution is 0.104. The van der Waals surface area contributed by atoms with Crippen LogP contribution in [0.15, 0.2) is 36.4 Å². The first kappa shape index (κ1) is 19.6. The summed E-state index contributed by atoms with van der Waals surface area (Å²) in [6.45, 7) is 4.15. The molecule has 0 bridgehead atoms. The molecule has 0 aromatic heterocycles. The molecule has 0 radical (unpaired) electrons. The highest BCUT2D eigenvalue weighted by atomic mass is 16.1. The third-order valence-corrected chi connectivity index (χ3v) is 7.30. The SMILES string of the molecule is CN(C)C1CCN(c2ccc3c(c2)C(=O)c2cc(N4CCC(N(C)C)C4)ccc2-3)C1. The Labute approximate surface area is 179 Å². The largest absolute Gasteiger partial charge is 0.370 e. The zero-order valence-electron chi connectivity index (χ0n) is 18.6. The minimum Gasteiger partial charge on any atom is -0.370 e. The summed E-state index contributed by atoms with van der Waals surface area (Å²) < 4.78 is 0. The molecular formula is C25H32N4O. The molecule has 0 N–H and O–H groups in total. The van der Waals surface area contributed by atoms with Gasteiger partial charge in [0.2, 0.25) is 0 Å². The van der Waals surface area contributed by atoms with Gasteiger partial charge in [-0.1, -0.05) is 12.1 Å². The lowest BCUT2D eigenvalue weighted by atomic mass is 10.0. The first-order valence-electron chi connectivity index (χ1n) is 11.1. The first-order valence-corrected chi connectivity index (χ1v) is 11.1. The average Bonchev–Trinajstić information content (AvgIpc) is 3.47. The minimum atomic E-state index is 0.176. The number of carbonyl (C=O) groups excluding carboxylic acids is 1. The highest BCUT2D eigenvalue weighted by Crippen LogP contribution is 2.41. The van der Waals surface area contributed by atoms with Crippen LogP contribution in [0, 0.1) is 0 Å². The molecule has 1 aliphatic carbocycles. The van der Waals surface area contributed by atoms with E-state index >= 15 is 0 Å². The Kier molecular flexibility index (Phi) is 4.83. The van der Waals surface area contributed by atoms with Gasteiger partial charge in [0.05, 0.1) is 0 Å². The van der Waals surface area contributed by atoms with Crippen LogP contribution in [0.2, 0.25) is 0 Å². The molecule has 2 unspecified atom stereocenters. The Morgan fingerprint density at radius 1 is 0.700 bits per heavy atom. The van der Waals surface area contributed by atoms with E-state index in [0.717, 1.165) is 48.4 Å². The molecule has 2 aromatic rings. The van der Waals surface area contributed by atoms with Crippen LogP contribution in [0.5, 0.6) is 0 Å². The van der Waals surface area contributed by atoms with Crippen molar-refractivity contribution in [3.05, 3.63) is 47.5 Å². The molecule has 5 rings (SSSR count). The molecule has 2 fully saturated rings. The van der Waals surface area contributed by atoms with E-state index < -0.39 is 0 Å². The van der Waals surface area contributed by atoms with Crippen LogP contribution in [0.1, 0.15) is 28.8 Å². The summed E-state index contributed by atoms with van der Waals surface area (Å²) in [5, 5.41) is 0. The Bertz CT molecular complexity index is 906. The summed E-state index contributed by atoms with van der Waals surface area (Å²) in [4.78, 5) is 22.7. The van der Waals surface area contributed by atoms with E-state index in [9.17, 15) is 4.79 Å². The summed E-state index contributed by atoms with van der Waals surface area (Å²) >= 11 is 0. The van der Waals surface area contributed by atoms with Crippen LogP contribution in [-0.4, -0.2) is 82.0 Å². The number of nitrogens with zero attached hydrogens (tertiary/aromatic N) is 4. The summed E-state index contributed by atoms with van der Waals surface area (Å²) in [6, 6.07) is 14.1. The predicted octanol–water partition coefficient (Wildman–Crippen LogP) is 3.18. The maximum absolute atomic E-state index is 13.3. The van der Waals surface area contributed by atoms with Crippen LogP contribution in [0.3, 0.4) is 0 Å². The number of fused-ring (bicyclic) bond motifs is 3. The zero-order chi connectivity index (χ0) is 21.0. The molecule has 2 saturated heterocycles. The standard InChI is InChI=1S/C25H32N4O/c1-26(2)19-9-11-28(15-19)17-5-7-21-22-8-6-18(14-24(22)25(30)23(21)13-17)29-12-10-20(16-29)27(3)4/h5-8,13-14,19-20H,9-12,15-16H2,1-4H3. The van der Waals surface area contributed by atoms with Gasteiger partial charge in [0, 0.05) is 60.8 Å². The molecule has 5 heteroatoms. The van der Waals surface area contributed by atoms with E-state index in [1.165, 1.54) is 24.2 Å². The number of carbonyl (C=O) groups is 1. The van der Waals surface area contributed by atoms with Crippen molar-refractivity contribution >= 4 is 17.2 Å². The molecule has 0 saturated carbocycles. The third kappa shape index (κ3) is 3.21. The van der Waals surface area contributed by atoms with Crippen molar-refractivity contribution in [2.75, 3.05) is 64.2 Å². The molecule has 3 aliphatic rings. The molecule has 2 heterocycles. The van der Waals surface area contributed by atoms with Crippen LogP contribution in [-0.2, 0) is 0 Å². The monoisotopic (exact) mass is 404 g/mol. The van der Waals surface area contributed by atoms with Gasteiger partial charge in [-0.15, -0.1) is 0 Å². The van der Waals surface area contributed by atoms with Crippen molar-refractivity contribution < 1.29 is 4.79 Å². The fraction of sp³-hybridized carbons (Fsp3) is 0.480. The topological polar surface area (TPSA) is 30.0 Å².